The molecule has 16 heavy (non-hydrogen) atoms. The molecule has 0 bridgehead atoms. The van der Waals surface area contributed by atoms with Gasteiger partial charge in [-0.3, -0.25) is 0 Å². The van der Waals surface area contributed by atoms with E-state index in [4.69, 9.17) is 0 Å². The molecule has 1 unspecified atom stereocenters. The number of rotatable bonds is 3. The minimum absolute atomic E-state index is 0.804. The molecule has 1 N–H and O–H groups in total. The van der Waals surface area contributed by atoms with Crippen LogP contribution in [0.2, 0.25) is 0 Å². The van der Waals surface area contributed by atoms with Gasteiger partial charge in [0.1, 0.15) is 0 Å². The van der Waals surface area contributed by atoms with Gasteiger partial charge < -0.3 is 10.2 Å². The minimum atomic E-state index is 0.804. The summed E-state index contributed by atoms with van der Waals surface area (Å²) >= 11 is 2.34. The zero-order valence-corrected chi connectivity index (χ0v) is 11.9. The molecule has 0 spiro atoms. The lowest BCUT2D eigenvalue weighted by atomic mass is 9.98. The predicted octanol–water partition coefficient (Wildman–Crippen LogP) is 3.04. The molecule has 0 amide bonds. The second-order valence-corrected chi connectivity index (χ2v) is 5.90. The molecule has 0 aliphatic carbocycles. The van der Waals surface area contributed by atoms with Gasteiger partial charge in [0.05, 0.1) is 0 Å². The van der Waals surface area contributed by atoms with Crippen molar-refractivity contribution in [2.75, 3.05) is 32.0 Å². The monoisotopic (exact) mass is 330 g/mol. The molecule has 1 fully saturated rings. The maximum atomic E-state index is 3.53. The molecule has 2 rings (SSSR count). The molecule has 1 aliphatic rings. The van der Waals surface area contributed by atoms with E-state index in [1.54, 1.807) is 0 Å². The lowest BCUT2D eigenvalue weighted by Crippen LogP contribution is -2.35. The molecule has 88 valence electrons. The molecule has 0 radical (unpaired) electrons. The van der Waals surface area contributed by atoms with Crippen LogP contribution in [0.3, 0.4) is 0 Å². The van der Waals surface area contributed by atoms with E-state index in [0.717, 1.165) is 12.5 Å². The Hall–Kier alpha value is -0.290. The fourth-order valence-corrected chi connectivity index (χ4v) is 2.63. The second kappa shape index (κ2) is 5.87. The van der Waals surface area contributed by atoms with E-state index >= 15 is 0 Å². The quantitative estimate of drug-likeness (QED) is 0.857. The number of hydrogen-bond acceptors (Lipinski definition) is 2. The summed E-state index contributed by atoms with van der Waals surface area (Å²) in [6.07, 6.45) is 2.71. The first-order valence-electron chi connectivity index (χ1n) is 5.92. The molecule has 0 saturated carbocycles. The molecule has 1 heterocycles. The van der Waals surface area contributed by atoms with Crippen molar-refractivity contribution in [3.63, 3.8) is 0 Å². The first kappa shape index (κ1) is 12.2. The number of anilines is 1. The van der Waals surface area contributed by atoms with E-state index in [2.05, 4.69) is 64.1 Å². The van der Waals surface area contributed by atoms with Gasteiger partial charge in [0.25, 0.3) is 0 Å². The Morgan fingerprint density at radius 1 is 1.38 bits per heavy atom. The van der Waals surface area contributed by atoms with Gasteiger partial charge in [-0.1, -0.05) is 0 Å². The summed E-state index contributed by atoms with van der Waals surface area (Å²) in [7, 11) is 2.22. The average Bonchev–Trinajstić information content (AvgIpc) is 2.28. The molecule has 1 aromatic rings. The Kier molecular flexibility index (Phi) is 4.46. The van der Waals surface area contributed by atoms with Crippen LogP contribution >= 0.6 is 22.6 Å². The summed E-state index contributed by atoms with van der Waals surface area (Å²) in [5, 5.41) is 3.53. The fourth-order valence-electron chi connectivity index (χ4n) is 2.27. The van der Waals surface area contributed by atoms with Crippen LogP contribution in [0.5, 0.6) is 0 Å². The zero-order valence-electron chi connectivity index (χ0n) is 9.75. The SMILES string of the molecule is CN1CCCC(CNc2ccc(I)cc2)C1. The van der Waals surface area contributed by atoms with Crippen molar-refractivity contribution in [1.82, 2.24) is 4.90 Å². The maximum Gasteiger partial charge on any atom is 0.0340 e. The highest BCUT2D eigenvalue weighted by Crippen LogP contribution is 2.17. The predicted molar refractivity (Wildman–Crippen MR) is 77.9 cm³/mol. The lowest BCUT2D eigenvalue weighted by Gasteiger charge is -2.29. The standard InChI is InChI=1S/C13H19IN2/c1-16-8-2-3-11(10-16)9-15-13-6-4-12(14)5-7-13/h4-7,11,15H,2-3,8-10H2,1H3. The molecule has 3 heteroatoms. The van der Waals surface area contributed by atoms with Crippen molar-refractivity contribution in [3.05, 3.63) is 27.8 Å². The number of benzene rings is 1. The van der Waals surface area contributed by atoms with Gasteiger partial charge in [-0.15, -0.1) is 0 Å². The number of nitrogens with one attached hydrogen (secondary N) is 1. The Bertz CT molecular complexity index is 323. The van der Waals surface area contributed by atoms with Crippen LogP contribution in [0.1, 0.15) is 12.8 Å². The molecular weight excluding hydrogens is 311 g/mol. The first-order chi connectivity index (χ1) is 7.74. The Morgan fingerprint density at radius 2 is 2.12 bits per heavy atom. The van der Waals surface area contributed by atoms with Crippen LogP contribution in [0.15, 0.2) is 24.3 Å². The van der Waals surface area contributed by atoms with Crippen LogP contribution in [-0.2, 0) is 0 Å². The molecule has 2 nitrogen and oxygen atoms in total. The van der Waals surface area contributed by atoms with Crippen LogP contribution in [-0.4, -0.2) is 31.6 Å². The van der Waals surface area contributed by atoms with Gasteiger partial charge in [-0.25, -0.2) is 0 Å². The van der Waals surface area contributed by atoms with Crippen molar-refractivity contribution in [3.8, 4) is 0 Å². The van der Waals surface area contributed by atoms with Gasteiger partial charge >= 0.3 is 0 Å². The van der Waals surface area contributed by atoms with E-state index in [1.807, 2.05) is 0 Å². The molecule has 1 aromatic carbocycles. The summed E-state index contributed by atoms with van der Waals surface area (Å²) in [4.78, 5) is 2.43. The van der Waals surface area contributed by atoms with Crippen LogP contribution in [0.25, 0.3) is 0 Å². The highest BCUT2D eigenvalue weighted by molar-refractivity contribution is 14.1. The van der Waals surface area contributed by atoms with E-state index in [0.29, 0.717) is 0 Å². The van der Waals surface area contributed by atoms with Crippen molar-refractivity contribution in [2.45, 2.75) is 12.8 Å². The van der Waals surface area contributed by atoms with Gasteiger partial charge in [-0.2, -0.15) is 0 Å². The number of piperidine rings is 1. The Balaban J connectivity index is 1.80. The summed E-state index contributed by atoms with van der Waals surface area (Å²) in [5.74, 6) is 0.804. The number of hydrogen-bond donors (Lipinski definition) is 1. The van der Waals surface area contributed by atoms with Crippen molar-refractivity contribution >= 4 is 28.3 Å². The zero-order chi connectivity index (χ0) is 11.4. The van der Waals surface area contributed by atoms with Crippen molar-refractivity contribution < 1.29 is 0 Å². The normalized spacial score (nSPS) is 22.0. The minimum Gasteiger partial charge on any atom is -0.385 e. The Labute approximate surface area is 112 Å². The highest BCUT2D eigenvalue weighted by Gasteiger charge is 2.16. The summed E-state index contributed by atoms with van der Waals surface area (Å²) in [5.41, 5.74) is 1.24. The number of likely N-dealkylation sites (tertiary alicyclic amines) is 1. The van der Waals surface area contributed by atoms with Crippen LogP contribution in [0.4, 0.5) is 5.69 Å². The van der Waals surface area contributed by atoms with Gasteiger partial charge in [0.15, 0.2) is 0 Å². The van der Waals surface area contributed by atoms with Gasteiger partial charge in [0.2, 0.25) is 0 Å². The number of halogens is 1. The third-order valence-electron chi connectivity index (χ3n) is 3.16. The summed E-state index contributed by atoms with van der Waals surface area (Å²) in [6.45, 7) is 3.60. The maximum absolute atomic E-state index is 3.53. The van der Waals surface area contributed by atoms with Gasteiger partial charge in [-0.05, 0) is 79.2 Å². The average molecular weight is 330 g/mol. The van der Waals surface area contributed by atoms with Gasteiger partial charge in [0, 0.05) is 22.3 Å². The van der Waals surface area contributed by atoms with E-state index in [9.17, 15) is 0 Å². The molecule has 0 aromatic heterocycles. The summed E-state index contributed by atoms with van der Waals surface area (Å²) < 4.78 is 1.29. The third kappa shape index (κ3) is 3.63. The smallest absolute Gasteiger partial charge is 0.0340 e. The van der Waals surface area contributed by atoms with E-state index in [-0.39, 0.29) is 0 Å². The highest BCUT2D eigenvalue weighted by atomic mass is 127. The van der Waals surface area contributed by atoms with E-state index < -0.39 is 0 Å². The third-order valence-corrected chi connectivity index (χ3v) is 3.88. The lowest BCUT2D eigenvalue weighted by molar-refractivity contribution is 0.217. The summed E-state index contributed by atoms with van der Waals surface area (Å²) in [6, 6.07) is 8.62. The second-order valence-electron chi connectivity index (χ2n) is 4.66. The fraction of sp³-hybridized carbons (Fsp3) is 0.538. The van der Waals surface area contributed by atoms with E-state index in [1.165, 1.54) is 35.2 Å². The first-order valence-corrected chi connectivity index (χ1v) is 7.00. The van der Waals surface area contributed by atoms with Crippen molar-refractivity contribution in [1.29, 1.82) is 0 Å². The molecule has 1 atom stereocenters. The van der Waals surface area contributed by atoms with Crippen LogP contribution in [0, 0.1) is 9.49 Å². The molecule has 1 saturated heterocycles. The number of nitrogens with zero attached hydrogens (tertiary/aromatic N) is 1. The largest absolute Gasteiger partial charge is 0.385 e. The van der Waals surface area contributed by atoms with Crippen molar-refractivity contribution in [2.24, 2.45) is 5.92 Å². The molecular formula is C13H19IN2. The van der Waals surface area contributed by atoms with Crippen LogP contribution < -0.4 is 5.32 Å². The molecule has 1 aliphatic heterocycles. The topological polar surface area (TPSA) is 15.3 Å². The Morgan fingerprint density at radius 3 is 2.81 bits per heavy atom.